The van der Waals surface area contributed by atoms with Gasteiger partial charge in [0, 0.05) is 33.3 Å². The standard InChI is InChI=1S/C21H26N6O3/c1-26(2)20-23-18(24-21(25-20)27-10-4-3-5-11-27)13-22-19(28)9-7-15-6-8-16-17(12-15)30-14-29-16/h6-9,12H,3-5,10-11,13-14H2,1-2H3,(H,22,28)/b9-7+. The molecule has 9 nitrogen and oxygen atoms in total. The lowest BCUT2D eigenvalue weighted by atomic mass is 10.1. The van der Waals surface area contributed by atoms with E-state index in [1.54, 1.807) is 6.08 Å². The first-order valence-electron chi connectivity index (χ1n) is 10.1. The highest BCUT2D eigenvalue weighted by atomic mass is 16.7. The molecule has 0 radical (unpaired) electrons. The number of amides is 1. The Bertz CT molecular complexity index is 940. The summed E-state index contributed by atoms with van der Waals surface area (Å²) in [5, 5.41) is 2.85. The number of rotatable bonds is 6. The van der Waals surface area contributed by atoms with E-state index in [0.29, 0.717) is 29.2 Å². The van der Waals surface area contributed by atoms with Gasteiger partial charge >= 0.3 is 0 Å². The van der Waals surface area contributed by atoms with E-state index in [0.717, 1.165) is 31.5 Å². The molecular weight excluding hydrogens is 384 g/mol. The van der Waals surface area contributed by atoms with Gasteiger partial charge in [0.2, 0.25) is 24.6 Å². The van der Waals surface area contributed by atoms with Gasteiger partial charge < -0.3 is 24.6 Å². The first kappa shape index (κ1) is 19.9. The third-order valence-corrected chi connectivity index (χ3v) is 4.94. The number of anilines is 2. The van der Waals surface area contributed by atoms with Crippen molar-refractivity contribution in [2.75, 3.05) is 43.8 Å². The Morgan fingerprint density at radius 3 is 2.73 bits per heavy atom. The number of nitrogens with one attached hydrogen (secondary N) is 1. The van der Waals surface area contributed by atoms with Crippen molar-refractivity contribution in [2.24, 2.45) is 0 Å². The average Bonchev–Trinajstić information content (AvgIpc) is 3.24. The van der Waals surface area contributed by atoms with Gasteiger partial charge in [-0.05, 0) is 43.0 Å². The summed E-state index contributed by atoms with van der Waals surface area (Å²) < 4.78 is 10.7. The van der Waals surface area contributed by atoms with E-state index >= 15 is 0 Å². The molecular formula is C21H26N6O3. The van der Waals surface area contributed by atoms with Gasteiger partial charge in [0.1, 0.15) is 0 Å². The van der Waals surface area contributed by atoms with Crippen molar-refractivity contribution in [3.8, 4) is 11.5 Å². The lowest BCUT2D eigenvalue weighted by Gasteiger charge is -2.27. The summed E-state index contributed by atoms with van der Waals surface area (Å²) in [5.41, 5.74) is 0.858. The number of carbonyl (C=O) groups is 1. The highest BCUT2D eigenvalue weighted by Gasteiger charge is 2.17. The molecule has 0 saturated carbocycles. The fourth-order valence-electron chi connectivity index (χ4n) is 3.32. The van der Waals surface area contributed by atoms with Crippen molar-refractivity contribution >= 4 is 23.9 Å². The number of ether oxygens (including phenoxy) is 2. The minimum atomic E-state index is -0.223. The third kappa shape index (κ3) is 4.79. The molecule has 1 fully saturated rings. The molecule has 9 heteroatoms. The topological polar surface area (TPSA) is 92.7 Å². The number of benzene rings is 1. The molecule has 0 spiro atoms. The van der Waals surface area contributed by atoms with Gasteiger partial charge in [-0.1, -0.05) is 6.07 Å². The van der Waals surface area contributed by atoms with Gasteiger partial charge in [-0.2, -0.15) is 15.0 Å². The number of aromatic nitrogens is 3. The van der Waals surface area contributed by atoms with E-state index in [1.807, 2.05) is 37.2 Å². The van der Waals surface area contributed by atoms with Crippen LogP contribution in [0.25, 0.3) is 6.08 Å². The van der Waals surface area contributed by atoms with Crippen molar-refractivity contribution in [2.45, 2.75) is 25.8 Å². The molecule has 2 aromatic rings. The summed E-state index contributed by atoms with van der Waals surface area (Å²) >= 11 is 0. The van der Waals surface area contributed by atoms with Crippen LogP contribution in [0.2, 0.25) is 0 Å². The van der Waals surface area contributed by atoms with Gasteiger partial charge in [-0.15, -0.1) is 0 Å². The monoisotopic (exact) mass is 410 g/mol. The van der Waals surface area contributed by atoms with E-state index in [1.165, 1.54) is 12.5 Å². The minimum absolute atomic E-state index is 0.223. The van der Waals surface area contributed by atoms with Crippen molar-refractivity contribution in [1.82, 2.24) is 20.3 Å². The largest absolute Gasteiger partial charge is 0.454 e. The molecule has 0 aliphatic carbocycles. The Kier molecular flexibility index (Phi) is 5.97. The summed E-state index contributed by atoms with van der Waals surface area (Å²) in [4.78, 5) is 29.9. The summed E-state index contributed by atoms with van der Waals surface area (Å²) in [5.74, 6) is 2.98. The zero-order chi connectivity index (χ0) is 20.9. The highest BCUT2D eigenvalue weighted by Crippen LogP contribution is 2.32. The molecule has 0 atom stereocenters. The van der Waals surface area contributed by atoms with Gasteiger partial charge in [0.05, 0.1) is 6.54 Å². The summed E-state index contributed by atoms with van der Waals surface area (Å²) in [6, 6.07) is 5.54. The fraction of sp³-hybridized carbons (Fsp3) is 0.429. The molecule has 0 unspecified atom stereocenters. The predicted octanol–water partition coefficient (Wildman–Crippen LogP) is 1.99. The third-order valence-electron chi connectivity index (χ3n) is 4.94. The molecule has 1 saturated heterocycles. The number of nitrogens with zero attached hydrogens (tertiary/aromatic N) is 5. The summed E-state index contributed by atoms with van der Waals surface area (Å²) in [7, 11) is 3.79. The predicted molar refractivity (Wildman–Crippen MR) is 114 cm³/mol. The van der Waals surface area contributed by atoms with Crippen LogP contribution in [0.15, 0.2) is 24.3 Å². The minimum Gasteiger partial charge on any atom is -0.454 e. The molecule has 158 valence electrons. The fourth-order valence-corrected chi connectivity index (χ4v) is 3.32. The zero-order valence-electron chi connectivity index (χ0n) is 17.3. The molecule has 1 aromatic heterocycles. The maximum atomic E-state index is 12.3. The first-order valence-corrected chi connectivity index (χ1v) is 10.1. The van der Waals surface area contributed by atoms with Gasteiger partial charge in [-0.3, -0.25) is 4.79 Å². The molecule has 30 heavy (non-hydrogen) atoms. The van der Waals surface area contributed by atoms with E-state index < -0.39 is 0 Å². The molecule has 0 bridgehead atoms. The van der Waals surface area contributed by atoms with Crippen LogP contribution in [0.4, 0.5) is 11.9 Å². The van der Waals surface area contributed by atoms with E-state index in [4.69, 9.17) is 9.47 Å². The van der Waals surface area contributed by atoms with E-state index in [9.17, 15) is 4.79 Å². The van der Waals surface area contributed by atoms with Crippen LogP contribution in [-0.4, -0.2) is 54.8 Å². The SMILES string of the molecule is CN(C)c1nc(CNC(=O)/C=C/c2ccc3c(c2)OCO3)nc(N2CCCCC2)n1. The Morgan fingerprint density at radius 1 is 1.13 bits per heavy atom. The van der Waals surface area contributed by atoms with E-state index in [2.05, 4.69) is 25.2 Å². The maximum Gasteiger partial charge on any atom is 0.244 e. The first-order chi connectivity index (χ1) is 14.6. The number of hydrogen-bond donors (Lipinski definition) is 1. The second kappa shape index (κ2) is 8.98. The summed E-state index contributed by atoms with van der Waals surface area (Å²) in [6.07, 6.45) is 6.73. The maximum absolute atomic E-state index is 12.3. The van der Waals surface area contributed by atoms with Crippen LogP contribution >= 0.6 is 0 Å². The molecule has 2 aliphatic rings. The smallest absolute Gasteiger partial charge is 0.244 e. The second-order valence-electron chi connectivity index (χ2n) is 7.46. The summed E-state index contributed by atoms with van der Waals surface area (Å²) in [6.45, 7) is 2.35. The Labute approximate surface area is 175 Å². The van der Waals surface area contributed by atoms with Crippen LogP contribution in [0.3, 0.4) is 0 Å². The lowest BCUT2D eigenvalue weighted by molar-refractivity contribution is -0.116. The van der Waals surface area contributed by atoms with Gasteiger partial charge in [-0.25, -0.2) is 0 Å². The number of fused-ring (bicyclic) bond motifs is 1. The van der Waals surface area contributed by atoms with Crippen molar-refractivity contribution in [3.05, 3.63) is 35.7 Å². The number of piperidine rings is 1. The van der Waals surface area contributed by atoms with Crippen LogP contribution in [0, 0.1) is 0 Å². The molecule has 1 N–H and O–H groups in total. The second-order valence-corrected chi connectivity index (χ2v) is 7.46. The Hall–Kier alpha value is -3.36. The van der Waals surface area contributed by atoms with Gasteiger partial charge in [0.15, 0.2) is 17.3 Å². The molecule has 4 rings (SSSR count). The Morgan fingerprint density at radius 2 is 1.93 bits per heavy atom. The molecule has 1 amide bonds. The Balaban J connectivity index is 1.40. The number of hydrogen-bond acceptors (Lipinski definition) is 8. The van der Waals surface area contributed by atoms with E-state index in [-0.39, 0.29) is 19.2 Å². The quantitative estimate of drug-likeness (QED) is 0.723. The molecule has 1 aromatic carbocycles. The van der Waals surface area contributed by atoms with Gasteiger partial charge in [0.25, 0.3) is 0 Å². The van der Waals surface area contributed by atoms with Crippen molar-refractivity contribution < 1.29 is 14.3 Å². The number of carbonyl (C=O) groups excluding carboxylic acids is 1. The van der Waals surface area contributed by atoms with Crippen LogP contribution < -0.4 is 24.6 Å². The zero-order valence-corrected chi connectivity index (χ0v) is 17.3. The van der Waals surface area contributed by atoms with Crippen LogP contribution in [0.1, 0.15) is 30.7 Å². The van der Waals surface area contributed by atoms with Crippen LogP contribution in [0.5, 0.6) is 11.5 Å². The highest BCUT2D eigenvalue weighted by molar-refractivity contribution is 5.91. The van der Waals surface area contributed by atoms with Crippen LogP contribution in [-0.2, 0) is 11.3 Å². The average molecular weight is 410 g/mol. The molecule has 2 aliphatic heterocycles. The normalized spacial score (nSPS) is 15.5. The van der Waals surface area contributed by atoms with Crippen molar-refractivity contribution in [1.29, 1.82) is 0 Å². The lowest BCUT2D eigenvalue weighted by Crippen LogP contribution is -2.32. The molecule has 3 heterocycles. The van der Waals surface area contributed by atoms with Crippen molar-refractivity contribution in [3.63, 3.8) is 0 Å².